The summed E-state index contributed by atoms with van der Waals surface area (Å²) in [6, 6.07) is 11.8. The minimum Gasteiger partial charge on any atom is -0.443 e. The highest BCUT2D eigenvalue weighted by molar-refractivity contribution is 5.69. The summed E-state index contributed by atoms with van der Waals surface area (Å²) >= 11 is 0. The maximum Gasteiger partial charge on any atom is 0.405 e. The summed E-state index contributed by atoms with van der Waals surface area (Å²) in [4.78, 5) is 10.9. The Labute approximate surface area is 128 Å². The van der Waals surface area contributed by atoms with E-state index in [2.05, 4.69) is 0 Å². The van der Waals surface area contributed by atoms with E-state index in [1.54, 1.807) is 26.0 Å². The van der Waals surface area contributed by atoms with E-state index >= 15 is 0 Å². The number of carbonyl (C=O) groups is 1. The number of hydrogen-bond donors (Lipinski definition) is 2. The van der Waals surface area contributed by atoms with Gasteiger partial charge in [-0.1, -0.05) is 24.3 Å². The molecule has 2 aromatic rings. The van der Waals surface area contributed by atoms with Crippen LogP contribution in [0.4, 0.5) is 14.9 Å². The lowest BCUT2D eigenvalue weighted by Gasteiger charge is -2.24. The summed E-state index contributed by atoms with van der Waals surface area (Å²) in [5, 5.41) is 0. The number of benzene rings is 2. The average Bonchev–Trinajstić information content (AvgIpc) is 2.40. The minimum atomic E-state index is -0.813. The number of ether oxygens (including phenoxy) is 1. The number of hydrogen-bond acceptors (Lipinski definition) is 3. The van der Waals surface area contributed by atoms with Crippen LogP contribution in [-0.4, -0.2) is 11.7 Å². The van der Waals surface area contributed by atoms with E-state index in [1.807, 2.05) is 18.2 Å². The Bertz CT molecular complexity index is 682. The molecule has 22 heavy (non-hydrogen) atoms. The van der Waals surface area contributed by atoms with Gasteiger partial charge < -0.3 is 16.2 Å². The van der Waals surface area contributed by atoms with Crippen molar-refractivity contribution in [3.8, 4) is 11.1 Å². The Hall–Kier alpha value is -2.56. The van der Waals surface area contributed by atoms with Crippen molar-refractivity contribution in [2.45, 2.75) is 25.9 Å². The van der Waals surface area contributed by atoms with Crippen molar-refractivity contribution in [2.24, 2.45) is 5.73 Å². The van der Waals surface area contributed by atoms with E-state index in [-0.39, 0.29) is 5.82 Å². The van der Waals surface area contributed by atoms with Gasteiger partial charge in [0.15, 0.2) is 0 Å². The van der Waals surface area contributed by atoms with Gasteiger partial charge >= 0.3 is 6.09 Å². The van der Waals surface area contributed by atoms with Crippen LogP contribution in [0.5, 0.6) is 0 Å². The molecule has 0 aliphatic heterocycles. The van der Waals surface area contributed by atoms with Crippen LogP contribution < -0.4 is 11.5 Å². The third-order valence-corrected chi connectivity index (χ3v) is 3.32. The molecule has 116 valence electrons. The number of halogens is 1. The van der Waals surface area contributed by atoms with Crippen molar-refractivity contribution in [2.75, 3.05) is 5.73 Å². The molecule has 5 heteroatoms. The molecule has 0 saturated carbocycles. The first-order valence-corrected chi connectivity index (χ1v) is 6.90. The molecule has 0 heterocycles. The zero-order chi connectivity index (χ0) is 16.3. The first-order chi connectivity index (χ1) is 10.3. The zero-order valence-electron chi connectivity index (χ0n) is 12.6. The lowest BCUT2D eigenvalue weighted by Crippen LogP contribution is -2.33. The number of nitrogen functional groups attached to an aromatic ring is 1. The van der Waals surface area contributed by atoms with Gasteiger partial charge in [0.25, 0.3) is 0 Å². The van der Waals surface area contributed by atoms with Crippen molar-refractivity contribution < 1.29 is 13.9 Å². The SMILES string of the molecule is CC(C)(Cc1ccc(-c2ccc(F)cc2)cc1N)OC(N)=O. The van der Waals surface area contributed by atoms with Crippen LogP contribution >= 0.6 is 0 Å². The largest absolute Gasteiger partial charge is 0.443 e. The maximum absolute atomic E-state index is 13.0. The Morgan fingerprint density at radius 1 is 1.14 bits per heavy atom. The standard InChI is InChI=1S/C17H19FN2O2/c1-17(2,22-16(20)21)10-13-4-3-12(9-15(13)19)11-5-7-14(18)8-6-11/h3-9H,10,19H2,1-2H3,(H2,20,21). The predicted octanol–water partition coefficient (Wildman–Crippen LogP) is 3.49. The number of anilines is 1. The van der Waals surface area contributed by atoms with Crippen LogP contribution in [0.25, 0.3) is 11.1 Å². The van der Waals surface area contributed by atoms with Crippen LogP contribution in [0.1, 0.15) is 19.4 Å². The van der Waals surface area contributed by atoms with E-state index in [0.717, 1.165) is 16.7 Å². The number of rotatable bonds is 4. The lowest BCUT2D eigenvalue weighted by molar-refractivity contribution is 0.0461. The van der Waals surface area contributed by atoms with Crippen LogP contribution in [0.15, 0.2) is 42.5 Å². The molecule has 0 aliphatic rings. The second kappa shape index (κ2) is 6.05. The van der Waals surface area contributed by atoms with Gasteiger partial charge in [0.05, 0.1) is 0 Å². The Kier molecular flexibility index (Phi) is 4.35. The molecule has 0 atom stereocenters. The molecule has 2 aromatic carbocycles. The molecule has 0 spiro atoms. The zero-order valence-corrected chi connectivity index (χ0v) is 12.6. The summed E-state index contributed by atoms with van der Waals surface area (Å²) in [6.45, 7) is 3.54. The highest BCUT2D eigenvalue weighted by atomic mass is 19.1. The molecule has 0 aliphatic carbocycles. The number of amides is 1. The third kappa shape index (κ3) is 3.97. The van der Waals surface area contributed by atoms with E-state index in [1.165, 1.54) is 12.1 Å². The summed E-state index contributed by atoms with van der Waals surface area (Å²) in [5.74, 6) is -0.279. The summed E-state index contributed by atoms with van der Waals surface area (Å²) in [6.07, 6.45) is -0.364. The normalized spacial score (nSPS) is 11.2. The van der Waals surface area contributed by atoms with Crippen molar-refractivity contribution in [3.05, 3.63) is 53.8 Å². The summed E-state index contributed by atoms with van der Waals surface area (Å²) in [7, 11) is 0. The van der Waals surface area contributed by atoms with Crippen molar-refractivity contribution in [1.29, 1.82) is 0 Å². The molecule has 1 amide bonds. The van der Waals surface area contributed by atoms with E-state index in [4.69, 9.17) is 16.2 Å². The topological polar surface area (TPSA) is 78.3 Å². The van der Waals surface area contributed by atoms with Gasteiger partial charge in [0.2, 0.25) is 0 Å². The predicted molar refractivity (Wildman–Crippen MR) is 84.7 cm³/mol. The Balaban J connectivity index is 2.23. The van der Waals surface area contributed by atoms with Gasteiger partial charge in [0.1, 0.15) is 11.4 Å². The summed E-state index contributed by atoms with van der Waals surface area (Å²) < 4.78 is 18.0. The first kappa shape index (κ1) is 15.8. The van der Waals surface area contributed by atoms with E-state index in [0.29, 0.717) is 12.1 Å². The van der Waals surface area contributed by atoms with Gasteiger partial charge in [0, 0.05) is 12.1 Å². The second-order valence-electron chi connectivity index (χ2n) is 5.78. The van der Waals surface area contributed by atoms with Crippen LogP contribution in [0, 0.1) is 5.82 Å². The smallest absolute Gasteiger partial charge is 0.405 e. The van der Waals surface area contributed by atoms with Crippen LogP contribution in [-0.2, 0) is 11.2 Å². The molecule has 4 nitrogen and oxygen atoms in total. The molecule has 0 saturated heterocycles. The van der Waals surface area contributed by atoms with Gasteiger partial charge in [-0.05, 0) is 48.7 Å². The molecule has 0 bridgehead atoms. The monoisotopic (exact) mass is 302 g/mol. The van der Waals surface area contributed by atoms with Crippen LogP contribution in [0.2, 0.25) is 0 Å². The lowest BCUT2D eigenvalue weighted by atomic mass is 9.94. The number of primary amides is 1. The fraction of sp³-hybridized carbons (Fsp3) is 0.235. The highest BCUT2D eigenvalue weighted by Gasteiger charge is 2.23. The first-order valence-electron chi connectivity index (χ1n) is 6.90. The van der Waals surface area contributed by atoms with E-state index < -0.39 is 11.7 Å². The van der Waals surface area contributed by atoms with Crippen molar-refractivity contribution in [1.82, 2.24) is 0 Å². The number of carbonyl (C=O) groups excluding carboxylic acids is 1. The quantitative estimate of drug-likeness (QED) is 0.848. The van der Waals surface area contributed by atoms with E-state index in [9.17, 15) is 9.18 Å². The maximum atomic E-state index is 13.0. The Morgan fingerprint density at radius 3 is 2.27 bits per heavy atom. The second-order valence-corrected chi connectivity index (χ2v) is 5.78. The Morgan fingerprint density at radius 2 is 1.73 bits per heavy atom. The van der Waals surface area contributed by atoms with Gasteiger partial charge in [-0.15, -0.1) is 0 Å². The molecule has 0 radical (unpaired) electrons. The molecular weight excluding hydrogens is 283 g/mol. The third-order valence-electron chi connectivity index (χ3n) is 3.32. The van der Waals surface area contributed by atoms with Crippen molar-refractivity contribution in [3.63, 3.8) is 0 Å². The van der Waals surface area contributed by atoms with Gasteiger partial charge in [-0.25, -0.2) is 9.18 Å². The molecular formula is C17H19FN2O2. The van der Waals surface area contributed by atoms with Gasteiger partial charge in [-0.2, -0.15) is 0 Å². The fourth-order valence-corrected chi connectivity index (χ4v) is 2.34. The van der Waals surface area contributed by atoms with Crippen LogP contribution in [0.3, 0.4) is 0 Å². The van der Waals surface area contributed by atoms with Gasteiger partial charge in [-0.3, -0.25) is 0 Å². The molecule has 2 rings (SSSR count). The highest BCUT2D eigenvalue weighted by Crippen LogP contribution is 2.27. The molecule has 0 unspecified atom stereocenters. The average molecular weight is 302 g/mol. The fourth-order valence-electron chi connectivity index (χ4n) is 2.34. The molecule has 0 fully saturated rings. The molecule has 0 aromatic heterocycles. The molecule has 4 N–H and O–H groups in total. The van der Waals surface area contributed by atoms with Crippen molar-refractivity contribution >= 4 is 11.8 Å². The summed E-state index contributed by atoms with van der Waals surface area (Å²) in [5.41, 5.74) is 13.6. The minimum absolute atomic E-state index is 0.279. The number of nitrogens with two attached hydrogens (primary N) is 2.